The molecule has 64 valence electrons. The van der Waals surface area contributed by atoms with Crippen LogP contribution in [-0.2, 0) is 4.79 Å². The molecule has 1 rings (SSSR count). The molecule has 1 unspecified atom stereocenters. The number of rotatable bonds is 4. The molecular weight excluding hydrogens is 156 g/mol. The summed E-state index contributed by atoms with van der Waals surface area (Å²) in [6, 6.07) is 0. The maximum Gasteiger partial charge on any atom is 0.119 e. The molecule has 1 heterocycles. The third kappa shape index (κ3) is 3.80. The van der Waals surface area contributed by atoms with E-state index in [1.807, 2.05) is 0 Å². The molecule has 1 aliphatic heterocycles. The molecule has 0 aromatic heterocycles. The van der Waals surface area contributed by atoms with E-state index in [2.05, 4.69) is 11.8 Å². The molecule has 0 radical (unpaired) electrons. The van der Waals surface area contributed by atoms with Gasteiger partial charge >= 0.3 is 0 Å². The largest absolute Gasteiger partial charge is 0.303 e. The smallest absolute Gasteiger partial charge is 0.119 e. The lowest BCUT2D eigenvalue weighted by Crippen LogP contribution is -2.10. The molecule has 0 aromatic rings. The second-order valence-electron chi connectivity index (χ2n) is 3.18. The van der Waals surface area contributed by atoms with Crippen LogP contribution in [0.2, 0.25) is 0 Å². The van der Waals surface area contributed by atoms with Crippen LogP contribution in [0.25, 0.3) is 0 Å². The Labute approximate surface area is 72.9 Å². The Bertz CT molecular complexity index is 108. The summed E-state index contributed by atoms with van der Waals surface area (Å²) in [6.45, 7) is 0. The van der Waals surface area contributed by atoms with Crippen molar-refractivity contribution >= 4 is 18.0 Å². The van der Waals surface area contributed by atoms with E-state index in [1.165, 1.54) is 30.8 Å². The Balaban J connectivity index is 2.00. The molecule has 0 N–H and O–H groups in total. The second kappa shape index (κ2) is 5.64. The molecule has 1 saturated heterocycles. The number of thioether (sulfide) groups is 1. The van der Waals surface area contributed by atoms with E-state index in [0.29, 0.717) is 0 Å². The van der Waals surface area contributed by atoms with Crippen molar-refractivity contribution in [3.63, 3.8) is 0 Å². The van der Waals surface area contributed by atoms with Gasteiger partial charge in [-0.05, 0) is 43.1 Å². The first-order chi connectivity index (χ1) is 5.43. The molecule has 0 amide bonds. The van der Waals surface area contributed by atoms with Gasteiger partial charge in [0.2, 0.25) is 0 Å². The summed E-state index contributed by atoms with van der Waals surface area (Å²) in [5, 5.41) is 0. The van der Waals surface area contributed by atoms with Crippen molar-refractivity contribution in [1.82, 2.24) is 0 Å². The molecular formula is C9H16OS. The van der Waals surface area contributed by atoms with Crippen LogP contribution in [0, 0.1) is 5.92 Å². The Kier molecular flexibility index (Phi) is 4.67. The van der Waals surface area contributed by atoms with Crippen LogP contribution < -0.4 is 0 Å². The van der Waals surface area contributed by atoms with Crippen LogP contribution in [0.5, 0.6) is 0 Å². The van der Waals surface area contributed by atoms with Crippen LogP contribution in [0.3, 0.4) is 0 Å². The van der Waals surface area contributed by atoms with Gasteiger partial charge in [0.1, 0.15) is 6.29 Å². The molecule has 0 bridgehead atoms. The van der Waals surface area contributed by atoms with E-state index in [4.69, 9.17) is 0 Å². The predicted octanol–water partition coefficient (Wildman–Crippen LogP) is 2.50. The minimum atomic E-state index is 0.765. The summed E-state index contributed by atoms with van der Waals surface area (Å²) in [4.78, 5) is 10.0. The SMILES string of the molecule is O=CCCCC1CCCSC1. The maximum absolute atomic E-state index is 10.0. The van der Waals surface area contributed by atoms with E-state index >= 15 is 0 Å². The van der Waals surface area contributed by atoms with Crippen molar-refractivity contribution in [2.45, 2.75) is 32.1 Å². The quantitative estimate of drug-likeness (QED) is 0.479. The fourth-order valence-corrected chi connectivity index (χ4v) is 2.73. The molecule has 0 saturated carbocycles. The molecule has 2 heteroatoms. The molecule has 0 spiro atoms. The fraction of sp³-hybridized carbons (Fsp3) is 0.889. The first kappa shape index (κ1) is 9.11. The number of unbranched alkanes of at least 4 members (excludes halogenated alkanes) is 1. The molecule has 1 aliphatic rings. The molecule has 1 nitrogen and oxygen atoms in total. The first-order valence-electron chi connectivity index (χ1n) is 4.45. The van der Waals surface area contributed by atoms with Gasteiger partial charge in [-0.1, -0.05) is 0 Å². The Morgan fingerprint density at radius 3 is 3.09 bits per heavy atom. The third-order valence-electron chi connectivity index (χ3n) is 2.19. The number of hydrogen-bond acceptors (Lipinski definition) is 2. The highest BCUT2D eigenvalue weighted by atomic mass is 32.2. The van der Waals surface area contributed by atoms with E-state index in [-0.39, 0.29) is 0 Å². The van der Waals surface area contributed by atoms with Gasteiger partial charge < -0.3 is 4.79 Å². The van der Waals surface area contributed by atoms with E-state index in [0.717, 1.165) is 25.0 Å². The molecule has 11 heavy (non-hydrogen) atoms. The topological polar surface area (TPSA) is 17.1 Å². The van der Waals surface area contributed by atoms with Gasteiger partial charge in [-0.3, -0.25) is 0 Å². The van der Waals surface area contributed by atoms with Crippen LogP contribution in [0.15, 0.2) is 0 Å². The number of carbonyl (C=O) groups is 1. The molecule has 0 aliphatic carbocycles. The molecule has 1 atom stereocenters. The Morgan fingerprint density at radius 2 is 2.45 bits per heavy atom. The summed E-state index contributed by atoms with van der Waals surface area (Å²) >= 11 is 2.07. The molecule has 0 aromatic carbocycles. The van der Waals surface area contributed by atoms with Gasteiger partial charge in [0.25, 0.3) is 0 Å². The standard InChI is InChI=1S/C9H16OS/c10-6-2-1-4-9-5-3-7-11-8-9/h6,9H,1-5,7-8H2. The monoisotopic (exact) mass is 172 g/mol. The average Bonchev–Trinajstić information content (AvgIpc) is 2.07. The van der Waals surface area contributed by atoms with Gasteiger partial charge in [0.05, 0.1) is 0 Å². The highest BCUT2D eigenvalue weighted by Gasteiger charge is 2.12. The summed E-state index contributed by atoms with van der Waals surface area (Å²) in [5.41, 5.74) is 0. The van der Waals surface area contributed by atoms with E-state index < -0.39 is 0 Å². The maximum atomic E-state index is 10.0. The predicted molar refractivity (Wildman–Crippen MR) is 50.0 cm³/mol. The minimum absolute atomic E-state index is 0.765. The first-order valence-corrected chi connectivity index (χ1v) is 5.60. The van der Waals surface area contributed by atoms with Crippen molar-refractivity contribution in [2.75, 3.05) is 11.5 Å². The van der Waals surface area contributed by atoms with Gasteiger partial charge in [-0.25, -0.2) is 0 Å². The highest BCUT2D eigenvalue weighted by Crippen LogP contribution is 2.26. The van der Waals surface area contributed by atoms with Crippen molar-refractivity contribution in [3.05, 3.63) is 0 Å². The normalized spacial score (nSPS) is 24.9. The Morgan fingerprint density at radius 1 is 1.55 bits per heavy atom. The zero-order chi connectivity index (χ0) is 7.94. The minimum Gasteiger partial charge on any atom is -0.303 e. The lowest BCUT2D eigenvalue weighted by Gasteiger charge is -2.20. The summed E-state index contributed by atoms with van der Waals surface area (Å²) in [6.07, 6.45) is 6.96. The number of hydrogen-bond donors (Lipinski definition) is 0. The second-order valence-corrected chi connectivity index (χ2v) is 4.33. The summed E-state index contributed by atoms with van der Waals surface area (Å²) in [7, 11) is 0. The van der Waals surface area contributed by atoms with Gasteiger partial charge in [-0.15, -0.1) is 0 Å². The van der Waals surface area contributed by atoms with Gasteiger partial charge in [-0.2, -0.15) is 11.8 Å². The summed E-state index contributed by atoms with van der Waals surface area (Å²) in [5.74, 6) is 3.59. The van der Waals surface area contributed by atoms with E-state index in [1.54, 1.807) is 0 Å². The van der Waals surface area contributed by atoms with Crippen LogP contribution in [0.1, 0.15) is 32.1 Å². The summed E-state index contributed by atoms with van der Waals surface area (Å²) < 4.78 is 0. The van der Waals surface area contributed by atoms with Crippen molar-refractivity contribution in [3.8, 4) is 0 Å². The lowest BCUT2D eigenvalue weighted by molar-refractivity contribution is -0.107. The van der Waals surface area contributed by atoms with Crippen molar-refractivity contribution < 1.29 is 4.79 Å². The van der Waals surface area contributed by atoms with Crippen LogP contribution >= 0.6 is 11.8 Å². The zero-order valence-electron chi connectivity index (χ0n) is 6.92. The number of carbonyl (C=O) groups excluding carboxylic acids is 1. The van der Waals surface area contributed by atoms with Crippen LogP contribution in [-0.4, -0.2) is 17.8 Å². The lowest BCUT2D eigenvalue weighted by atomic mass is 9.99. The van der Waals surface area contributed by atoms with Crippen LogP contribution in [0.4, 0.5) is 0 Å². The Hall–Kier alpha value is 0.0200. The van der Waals surface area contributed by atoms with Crippen molar-refractivity contribution in [2.24, 2.45) is 5.92 Å². The number of aldehydes is 1. The van der Waals surface area contributed by atoms with Crippen molar-refractivity contribution in [1.29, 1.82) is 0 Å². The van der Waals surface area contributed by atoms with Gasteiger partial charge in [0, 0.05) is 6.42 Å². The third-order valence-corrected chi connectivity index (χ3v) is 3.47. The van der Waals surface area contributed by atoms with Gasteiger partial charge in [0.15, 0.2) is 0 Å². The van der Waals surface area contributed by atoms with E-state index in [9.17, 15) is 4.79 Å². The average molecular weight is 172 g/mol. The molecule has 1 fully saturated rings. The fourth-order valence-electron chi connectivity index (χ4n) is 1.52. The highest BCUT2D eigenvalue weighted by molar-refractivity contribution is 7.99. The zero-order valence-corrected chi connectivity index (χ0v) is 7.74.